The Hall–Kier alpha value is -1.14. The standard InChI is InChI=1S/C9H5BrN2/c10-9-6(5-11)4-8-7(9)2-1-3-12-8/h1-3H,4H2. The predicted octanol–water partition coefficient (Wildman–Crippen LogP) is 2.27. The van der Waals surface area contributed by atoms with Gasteiger partial charge in [-0.2, -0.15) is 5.26 Å². The fourth-order valence-corrected chi connectivity index (χ4v) is 1.86. The van der Waals surface area contributed by atoms with E-state index in [1.54, 1.807) is 6.20 Å². The third kappa shape index (κ3) is 0.961. The van der Waals surface area contributed by atoms with E-state index < -0.39 is 0 Å². The number of nitrogens with zero attached hydrogens (tertiary/aromatic N) is 2. The molecule has 1 aromatic heterocycles. The summed E-state index contributed by atoms with van der Waals surface area (Å²) in [6.45, 7) is 0. The molecule has 0 amide bonds. The number of pyridine rings is 1. The first kappa shape index (κ1) is 7.51. The van der Waals surface area contributed by atoms with Crippen LogP contribution in [0.1, 0.15) is 11.3 Å². The first-order chi connectivity index (χ1) is 5.83. The lowest BCUT2D eigenvalue weighted by Crippen LogP contribution is -1.86. The van der Waals surface area contributed by atoms with E-state index in [4.69, 9.17) is 5.26 Å². The molecule has 1 heterocycles. The maximum Gasteiger partial charge on any atom is 0.0963 e. The van der Waals surface area contributed by atoms with Crippen LogP contribution in [-0.2, 0) is 6.42 Å². The second-order valence-electron chi connectivity index (χ2n) is 2.58. The van der Waals surface area contributed by atoms with E-state index in [-0.39, 0.29) is 0 Å². The smallest absolute Gasteiger partial charge is 0.0963 e. The summed E-state index contributed by atoms with van der Waals surface area (Å²) in [5.74, 6) is 0. The highest BCUT2D eigenvalue weighted by molar-refractivity contribution is 9.15. The van der Waals surface area contributed by atoms with Gasteiger partial charge in [0.05, 0.1) is 17.3 Å². The van der Waals surface area contributed by atoms with Crippen molar-refractivity contribution in [3.63, 3.8) is 0 Å². The Morgan fingerprint density at radius 3 is 3.08 bits per heavy atom. The van der Waals surface area contributed by atoms with Crippen molar-refractivity contribution < 1.29 is 0 Å². The molecule has 0 aliphatic heterocycles. The Balaban J connectivity index is 2.59. The van der Waals surface area contributed by atoms with Crippen molar-refractivity contribution in [2.45, 2.75) is 6.42 Å². The zero-order valence-electron chi connectivity index (χ0n) is 6.21. The predicted molar refractivity (Wildman–Crippen MR) is 49.4 cm³/mol. The van der Waals surface area contributed by atoms with Gasteiger partial charge < -0.3 is 0 Å². The zero-order chi connectivity index (χ0) is 8.55. The van der Waals surface area contributed by atoms with Gasteiger partial charge >= 0.3 is 0 Å². The van der Waals surface area contributed by atoms with Crippen molar-refractivity contribution >= 4 is 20.4 Å². The lowest BCUT2D eigenvalue weighted by Gasteiger charge is -1.94. The third-order valence-corrected chi connectivity index (χ3v) is 2.78. The molecule has 12 heavy (non-hydrogen) atoms. The summed E-state index contributed by atoms with van der Waals surface area (Å²) in [5.41, 5.74) is 2.80. The number of nitriles is 1. The zero-order valence-corrected chi connectivity index (χ0v) is 7.80. The summed E-state index contributed by atoms with van der Waals surface area (Å²) in [5, 5.41) is 8.74. The molecule has 0 saturated heterocycles. The molecule has 0 spiro atoms. The van der Waals surface area contributed by atoms with Gasteiger partial charge in [-0.05, 0) is 22.0 Å². The molecule has 0 bridgehead atoms. The minimum atomic E-state index is 0.660. The van der Waals surface area contributed by atoms with Crippen LogP contribution in [0.25, 0.3) is 4.48 Å². The lowest BCUT2D eigenvalue weighted by molar-refractivity contribution is 1.10. The second-order valence-corrected chi connectivity index (χ2v) is 3.37. The molecule has 3 heteroatoms. The van der Waals surface area contributed by atoms with E-state index in [1.165, 1.54) is 0 Å². The van der Waals surface area contributed by atoms with Gasteiger partial charge in [0.25, 0.3) is 0 Å². The highest BCUT2D eigenvalue weighted by Crippen LogP contribution is 2.34. The molecule has 1 aromatic rings. The Labute approximate surface area is 78.7 Å². The lowest BCUT2D eigenvalue weighted by atomic mass is 10.2. The fourth-order valence-electron chi connectivity index (χ4n) is 1.27. The molecule has 0 atom stereocenters. The molecular weight excluding hydrogens is 216 g/mol. The van der Waals surface area contributed by atoms with Crippen LogP contribution in [0.15, 0.2) is 23.9 Å². The van der Waals surface area contributed by atoms with Crippen molar-refractivity contribution in [2.75, 3.05) is 0 Å². The van der Waals surface area contributed by atoms with Crippen molar-refractivity contribution in [3.05, 3.63) is 35.2 Å². The van der Waals surface area contributed by atoms with Gasteiger partial charge in [0.2, 0.25) is 0 Å². The topological polar surface area (TPSA) is 36.7 Å². The highest BCUT2D eigenvalue weighted by Gasteiger charge is 2.19. The summed E-state index contributed by atoms with van der Waals surface area (Å²) in [7, 11) is 0. The normalized spacial score (nSPS) is 14.3. The number of allylic oxidation sites excluding steroid dienone is 1. The van der Waals surface area contributed by atoms with Crippen molar-refractivity contribution in [1.29, 1.82) is 5.26 Å². The summed E-state index contributed by atoms with van der Waals surface area (Å²) in [4.78, 5) is 4.19. The number of aromatic nitrogens is 1. The maximum atomic E-state index is 8.74. The first-order valence-electron chi connectivity index (χ1n) is 3.56. The number of fused-ring (bicyclic) bond motifs is 1. The fraction of sp³-hybridized carbons (Fsp3) is 0.111. The minimum Gasteiger partial charge on any atom is -0.260 e. The second kappa shape index (κ2) is 2.72. The molecule has 2 rings (SSSR count). The van der Waals surface area contributed by atoms with Crippen LogP contribution in [0.2, 0.25) is 0 Å². The van der Waals surface area contributed by atoms with Crippen molar-refractivity contribution in [1.82, 2.24) is 4.98 Å². The largest absolute Gasteiger partial charge is 0.260 e. The molecule has 0 saturated carbocycles. The molecule has 0 radical (unpaired) electrons. The van der Waals surface area contributed by atoms with Crippen LogP contribution in [0, 0.1) is 11.3 Å². The summed E-state index contributed by atoms with van der Waals surface area (Å²) < 4.78 is 0.896. The molecule has 1 aliphatic rings. The van der Waals surface area contributed by atoms with Crippen LogP contribution < -0.4 is 0 Å². The first-order valence-corrected chi connectivity index (χ1v) is 4.35. The van der Waals surface area contributed by atoms with E-state index in [9.17, 15) is 0 Å². The SMILES string of the molecule is N#CC1=C(Br)c2cccnc2C1. The van der Waals surface area contributed by atoms with Crippen LogP contribution in [0.3, 0.4) is 0 Å². The monoisotopic (exact) mass is 220 g/mol. The Bertz CT molecular complexity index is 401. The number of halogens is 1. The van der Waals surface area contributed by atoms with Gasteiger partial charge in [-0.25, -0.2) is 0 Å². The Morgan fingerprint density at radius 2 is 2.42 bits per heavy atom. The van der Waals surface area contributed by atoms with Gasteiger partial charge in [0.1, 0.15) is 0 Å². The van der Waals surface area contributed by atoms with E-state index in [2.05, 4.69) is 27.0 Å². The van der Waals surface area contributed by atoms with Gasteiger partial charge in [0.15, 0.2) is 0 Å². The van der Waals surface area contributed by atoms with E-state index in [0.717, 1.165) is 21.3 Å². The molecule has 2 nitrogen and oxygen atoms in total. The van der Waals surface area contributed by atoms with Crippen molar-refractivity contribution in [3.8, 4) is 6.07 Å². The van der Waals surface area contributed by atoms with Gasteiger partial charge in [-0.3, -0.25) is 4.98 Å². The molecule has 0 fully saturated rings. The molecule has 0 N–H and O–H groups in total. The van der Waals surface area contributed by atoms with Crippen LogP contribution in [0.4, 0.5) is 0 Å². The average molecular weight is 221 g/mol. The maximum absolute atomic E-state index is 8.74. The van der Waals surface area contributed by atoms with Gasteiger partial charge in [0, 0.05) is 22.7 Å². The average Bonchev–Trinajstić information content (AvgIpc) is 2.44. The van der Waals surface area contributed by atoms with Gasteiger partial charge in [-0.1, -0.05) is 6.07 Å². The molecule has 0 aromatic carbocycles. The van der Waals surface area contributed by atoms with E-state index >= 15 is 0 Å². The minimum absolute atomic E-state index is 0.660. The van der Waals surface area contributed by atoms with E-state index in [1.807, 2.05) is 12.1 Å². The van der Waals surface area contributed by atoms with Gasteiger partial charge in [-0.15, -0.1) is 0 Å². The molecule has 58 valence electrons. The Kier molecular flexibility index (Phi) is 1.70. The summed E-state index contributed by atoms with van der Waals surface area (Å²) in [6, 6.07) is 6.00. The van der Waals surface area contributed by atoms with E-state index in [0.29, 0.717) is 6.42 Å². The molecular formula is C9H5BrN2. The van der Waals surface area contributed by atoms with Crippen molar-refractivity contribution in [2.24, 2.45) is 0 Å². The van der Waals surface area contributed by atoms with Crippen LogP contribution in [-0.4, -0.2) is 4.98 Å². The highest BCUT2D eigenvalue weighted by atomic mass is 79.9. The number of hydrogen-bond acceptors (Lipinski definition) is 2. The third-order valence-electron chi connectivity index (χ3n) is 1.87. The van der Waals surface area contributed by atoms with Crippen LogP contribution in [0.5, 0.6) is 0 Å². The molecule has 1 aliphatic carbocycles. The summed E-state index contributed by atoms with van der Waals surface area (Å²) in [6.07, 6.45) is 2.41. The van der Waals surface area contributed by atoms with Crippen LogP contribution >= 0.6 is 15.9 Å². The Morgan fingerprint density at radius 1 is 1.58 bits per heavy atom. The molecule has 0 unspecified atom stereocenters. The number of rotatable bonds is 0. The number of hydrogen-bond donors (Lipinski definition) is 0. The summed E-state index contributed by atoms with van der Waals surface area (Å²) >= 11 is 3.38. The quantitative estimate of drug-likeness (QED) is 0.673.